The highest BCUT2D eigenvalue weighted by Crippen LogP contribution is 2.26. The van der Waals surface area contributed by atoms with Gasteiger partial charge in [-0.2, -0.15) is 0 Å². The maximum atomic E-state index is 12.9. The van der Waals surface area contributed by atoms with Gasteiger partial charge in [0.15, 0.2) is 0 Å². The van der Waals surface area contributed by atoms with Gasteiger partial charge in [0.1, 0.15) is 12.4 Å². The number of hydrogen-bond acceptors (Lipinski definition) is 6. The highest BCUT2D eigenvalue weighted by Gasteiger charge is 2.17. The number of carbonyl (C=O) groups excluding carboxylic acids is 1. The van der Waals surface area contributed by atoms with Crippen LogP contribution >= 0.6 is 0 Å². The Labute approximate surface area is 206 Å². The third kappa shape index (κ3) is 5.99. The summed E-state index contributed by atoms with van der Waals surface area (Å²) in [6.07, 6.45) is 6.31. The SMILES string of the molecule is Cc1c(NC(=O)c2ccc(OC[C@@H]3CCCO3)cc2)ccc2cc(CNC3CCOCC3)cnc12. The first-order valence-corrected chi connectivity index (χ1v) is 12.5. The highest BCUT2D eigenvalue weighted by atomic mass is 16.5. The Morgan fingerprint density at radius 3 is 2.69 bits per heavy atom. The summed E-state index contributed by atoms with van der Waals surface area (Å²) in [4.78, 5) is 17.6. The van der Waals surface area contributed by atoms with Crippen molar-refractivity contribution >= 4 is 22.5 Å². The lowest BCUT2D eigenvalue weighted by atomic mass is 10.1. The minimum Gasteiger partial charge on any atom is -0.491 e. The minimum atomic E-state index is -0.157. The summed E-state index contributed by atoms with van der Waals surface area (Å²) in [5.41, 5.74) is 4.35. The molecule has 2 aliphatic heterocycles. The van der Waals surface area contributed by atoms with E-state index in [9.17, 15) is 4.79 Å². The van der Waals surface area contributed by atoms with Crippen molar-refractivity contribution in [2.45, 2.75) is 51.3 Å². The molecule has 0 unspecified atom stereocenters. The van der Waals surface area contributed by atoms with Gasteiger partial charge in [-0.1, -0.05) is 6.07 Å². The van der Waals surface area contributed by atoms with Crippen molar-refractivity contribution in [2.24, 2.45) is 0 Å². The molecule has 0 radical (unpaired) electrons. The zero-order valence-corrected chi connectivity index (χ0v) is 20.2. The zero-order valence-electron chi connectivity index (χ0n) is 20.2. The van der Waals surface area contributed by atoms with Gasteiger partial charge in [-0.3, -0.25) is 9.78 Å². The van der Waals surface area contributed by atoms with Crippen molar-refractivity contribution in [3.05, 3.63) is 65.4 Å². The second-order valence-corrected chi connectivity index (χ2v) is 9.35. The molecule has 1 amide bonds. The Kier molecular flexibility index (Phi) is 7.57. The number of nitrogens with one attached hydrogen (secondary N) is 2. The first-order valence-electron chi connectivity index (χ1n) is 12.5. The van der Waals surface area contributed by atoms with E-state index in [1.807, 2.05) is 37.4 Å². The molecule has 0 spiro atoms. The number of hydrogen-bond donors (Lipinski definition) is 2. The van der Waals surface area contributed by atoms with Crippen LogP contribution in [-0.4, -0.2) is 49.5 Å². The molecule has 1 atom stereocenters. The lowest BCUT2D eigenvalue weighted by Crippen LogP contribution is -2.34. The van der Waals surface area contributed by atoms with Crippen LogP contribution in [0.1, 0.15) is 47.2 Å². The number of fused-ring (bicyclic) bond motifs is 1. The van der Waals surface area contributed by atoms with Gasteiger partial charge in [0.25, 0.3) is 5.91 Å². The van der Waals surface area contributed by atoms with Gasteiger partial charge in [-0.05, 0) is 80.1 Å². The number of amides is 1. The Balaban J connectivity index is 1.20. The predicted octanol–water partition coefficient (Wildman–Crippen LogP) is 4.62. The number of rotatable bonds is 8. The van der Waals surface area contributed by atoms with Crippen molar-refractivity contribution < 1.29 is 19.0 Å². The molecule has 1 aromatic heterocycles. The molecule has 0 aliphatic carbocycles. The van der Waals surface area contributed by atoms with Crippen LogP contribution in [0.3, 0.4) is 0 Å². The second kappa shape index (κ2) is 11.2. The molecule has 3 heterocycles. The number of aryl methyl sites for hydroxylation is 1. The van der Waals surface area contributed by atoms with Crippen molar-refractivity contribution in [3.63, 3.8) is 0 Å². The molecule has 2 saturated heterocycles. The number of ether oxygens (including phenoxy) is 3. The number of carbonyl (C=O) groups is 1. The van der Waals surface area contributed by atoms with Crippen molar-refractivity contribution in [2.75, 3.05) is 31.7 Å². The lowest BCUT2D eigenvalue weighted by Gasteiger charge is -2.23. The average molecular weight is 476 g/mol. The molecule has 0 bridgehead atoms. The van der Waals surface area contributed by atoms with Gasteiger partial charge in [0.2, 0.25) is 0 Å². The smallest absolute Gasteiger partial charge is 0.255 e. The molecule has 184 valence electrons. The van der Waals surface area contributed by atoms with Crippen molar-refractivity contribution in [1.29, 1.82) is 0 Å². The van der Waals surface area contributed by atoms with E-state index in [1.54, 1.807) is 12.1 Å². The van der Waals surface area contributed by atoms with Crippen LogP contribution in [0.25, 0.3) is 10.9 Å². The van der Waals surface area contributed by atoms with Gasteiger partial charge >= 0.3 is 0 Å². The molecule has 2 aliphatic rings. The number of pyridine rings is 1. The molecule has 7 heteroatoms. The molecule has 3 aromatic rings. The molecule has 7 nitrogen and oxygen atoms in total. The van der Waals surface area contributed by atoms with Crippen LogP contribution in [-0.2, 0) is 16.0 Å². The molecule has 0 saturated carbocycles. The Hall–Kier alpha value is -3.00. The summed E-state index contributed by atoms with van der Waals surface area (Å²) in [5.74, 6) is 0.584. The van der Waals surface area contributed by atoms with Crippen LogP contribution in [0.2, 0.25) is 0 Å². The molecule has 2 N–H and O–H groups in total. The average Bonchev–Trinajstić information content (AvgIpc) is 3.42. The first kappa shape index (κ1) is 23.7. The number of nitrogens with zero attached hydrogens (tertiary/aromatic N) is 1. The fourth-order valence-corrected chi connectivity index (χ4v) is 4.65. The van der Waals surface area contributed by atoms with E-state index in [0.29, 0.717) is 18.2 Å². The number of aromatic nitrogens is 1. The Morgan fingerprint density at radius 2 is 1.91 bits per heavy atom. The van der Waals surface area contributed by atoms with Crippen molar-refractivity contribution in [1.82, 2.24) is 10.3 Å². The topological polar surface area (TPSA) is 81.7 Å². The van der Waals surface area contributed by atoms with Crippen LogP contribution in [0.4, 0.5) is 5.69 Å². The Morgan fingerprint density at radius 1 is 1.09 bits per heavy atom. The fraction of sp³-hybridized carbons (Fsp3) is 0.429. The van der Waals surface area contributed by atoms with E-state index in [0.717, 1.165) is 85.5 Å². The molecular formula is C28H33N3O4. The molecule has 5 rings (SSSR count). The van der Waals surface area contributed by atoms with Gasteiger partial charge in [-0.25, -0.2) is 0 Å². The zero-order chi connectivity index (χ0) is 24.0. The quantitative estimate of drug-likeness (QED) is 0.495. The van der Waals surface area contributed by atoms with E-state index in [1.165, 1.54) is 0 Å². The standard InChI is InChI=1S/C28H33N3O4/c1-19-26(31-28(32)21-4-7-24(8-5-21)35-18-25-3-2-12-34-25)9-6-22-15-20(17-30-27(19)22)16-29-23-10-13-33-14-11-23/h4-9,15,17,23,25,29H,2-3,10-14,16,18H2,1H3,(H,31,32)/t25-/m0/s1. The van der Waals surface area contributed by atoms with E-state index < -0.39 is 0 Å². The maximum absolute atomic E-state index is 12.9. The van der Waals surface area contributed by atoms with E-state index in [2.05, 4.69) is 16.7 Å². The molecule has 2 aromatic carbocycles. The summed E-state index contributed by atoms with van der Waals surface area (Å²) >= 11 is 0. The third-order valence-electron chi connectivity index (χ3n) is 6.80. The van der Waals surface area contributed by atoms with Crippen LogP contribution in [0, 0.1) is 6.92 Å². The second-order valence-electron chi connectivity index (χ2n) is 9.35. The summed E-state index contributed by atoms with van der Waals surface area (Å²) < 4.78 is 16.8. The minimum absolute atomic E-state index is 0.157. The summed E-state index contributed by atoms with van der Waals surface area (Å²) in [6, 6.07) is 13.9. The summed E-state index contributed by atoms with van der Waals surface area (Å²) in [6.45, 7) is 5.80. The summed E-state index contributed by atoms with van der Waals surface area (Å²) in [5, 5.41) is 7.71. The largest absolute Gasteiger partial charge is 0.491 e. The highest BCUT2D eigenvalue weighted by molar-refractivity contribution is 6.06. The monoisotopic (exact) mass is 475 g/mol. The van der Waals surface area contributed by atoms with Crippen LogP contribution in [0.5, 0.6) is 5.75 Å². The van der Waals surface area contributed by atoms with Crippen LogP contribution < -0.4 is 15.4 Å². The molecular weight excluding hydrogens is 442 g/mol. The lowest BCUT2D eigenvalue weighted by molar-refractivity contribution is 0.0679. The van der Waals surface area contributed by atoms with E-state index in [4.69, 9.17) is 19.2 Å². The molecule has 2 fully saturated rings. The third-order valence-corrected chi connectivity index (χ3v) is 6.80. The molecule has 35 heavy (non-hydrogen) atoms. The first-order chi connectivity index (χ1) is 17.2. The Bertz CT molecular complexity index is 1150. The van der Waals surface area contributed by atoms with E-state index >= 15 is 0 Å². The van der Waals surface area contributed by atoms with Gasteiger partial charge < -0.3 is 24.8 Å². The van der Waals surface area contributed by atoms with Crippen molar-refractivity contribution in [3.8, 4) is 5.75 Å². The normalized spacial score (nSPS) is 18.6. The van der Waals surface area contributed by atoms with Crippen LogP contribution in [0.15, 0.2) is 48.7 Å². The number of benzene rings is 2. The predicted molar refractivity (Wildman–Crippen MR) is 136 cm³/mol. The van der Waals surface area contributed by atoms with E-state index in [-0.39, 0.29) is 12.0 Å². The fourth-order valence-electron chi connectivity index (χ4n) is 4.65. The number of anilines is 1. The van der Waals surface area contributed by atoms with Gasteiger partial charge in [0, 0.05) is 55.2 Å². The summed E-state index contributed by atoms with van der Waals surface area (Å²) in [7, 11) is 0. The van der Waals surface area contributed by atoms with Gasteiger partial charge in [0.05, 0.1) is 11.6 Å². The van der Waals surface area contributed by atoms with Gasteiger partial charge in [-0.15, -0.1) is 0 Å². The maximum Gasteiger partial charge on any atom is 0.255 e.